The zero-order valence-corrected chi connectivity index (χ0v) is 48.3. The number of carbonyl (C=O) groups is 3. The topological polar surface area (TPSA) is 169 Å². The number of benzene rings is 5. The highest BCUT2D eigenvalue weighted by Gasteiger charge is 2.48. The Hall–Kier alpha value is -5.81. The summed E-state index contributed by atoms with van der Waals surface area (Å²) in [5, 5.41) is 5.99. The zero-order valence-electron chi connectivity index (χ0n) is 45.1. The van der Waals surface area contributed by atoms with E-state index >= 15 is 4.39 Å². The van der Waals surface area contributed by atoms with Crippen LogP contribution >= 0.6 is 23.4 Å². The van der Waals surface area contributed by atoms with Crippen LogP contribution in [0.25, 0.3) is 5.57 Å². The summed E-state index contributed by atoms with van der Waals surface area (Å²) in [4.78, 5) is 45.1. The molecule has 14 nitrogen and oxygen atoms in total. The Kier molecular flexibility index (Phi) is 18.7. The SMILES string of the molecule is CC1(C)CCC(c2ccc(Cl)cc2)=C(CN2CCN(c3ccc(C(=O)NS(=O)(=O)c4ccc(N[C@H](CCN5CCN(Cc6ccc(C7CCC(=O)NC7=O)c(F)c6)CC5)CSc5ccccc5)c(S(=O)(=O)C(F)(F)F)c4)cc3)CC2)C1. The van der Waals surface area contributed by atoms with Crippen LogP contribution in [0.4, 0.5) is 28.9 Å². The second kappa shape index (κ2) is 25.4. The van der Waals surface area contributed by atoms with Gasteiger partial charge in [-0.3, -0.25) is 29.5 Å². The number of allylic oxidation sites excluding steroid dienone is 1. The monoisotopic (exact) mass is 1190 g/mol. The molecule has 2 atom stereocenters. The van der Waals surface area contributed by atoms with E-state index in [1.54, 1.807) is 24.3 Å². The summed E-state index contributed by atoms with van der Waals surface area (Å²) >= 11 is 7.62. The van der Waals surface area contributed by atoms with E-state index in [9.17, 15) is 44.4 Å². The molecule has 5 aromatic carbocycles. The molecule has 0 bridgehead atoms. The molecule has 22 heteroatoms. The van der Waals surface area contributed by atoms with Gasteiger partial charge in [0.2, 0.25) is 11.8 Å². The third kappa shape index (κ3) is 15.1. The minimum absolute atomic E-state index is 0.0298. The Morgan fingerprint density at radius 1 is 0.802 bits per heavy atom. The van der Waals surface area contributed by atoms with E-state index in [4.69, 9.17) is 11.6 Å². The van der Waals surface area contributed by atoms with E-state index in [1.807, 2.05) is 47.2 Å². The van der Waals surface area contributed by atoms with E-state index in [0.29, 0.717) is 81.2 Å². The molecule has 4 aliphatic rings. The molecular weight excluding hydrogens is 1130 g/mol. The molecule has 3 heterocycles. The number of sulfone groups is 1. The number of carbonyl (C=O) groups excluding carboxylic acids is 3. The summed E-state index contributed by atoms with van der Waals surface area (Å²) in [6, 6.07) is 30.2. The molecular formula is C59H66ClF4N7O7S3. The number of thioether (sulfide) groups is 1. The first-order valence-corrected chi connectivity index (χ1v) is 31.4. The number of rotatable bonds is 19. The number of alkyl halides is 3. The van der Waals surface area contributed by atoms with Crippen molar-refractivity contribution in [1.82, 2.24) is 24.7 Å². The molecule has 9 rings (SSSR count). The highest BCUT2D eigenvalue weighted by Crippen LogP contribution is 2.43. The van der Waals surface area contributed by atoms with Crippen molar-refractivity contribution in [2.45, 2.75) is 91.1 Å². The maximum Gasteiger partial charge on any atom is 0.501 e. The Balaban J connectivity index is 0.829. The van der Waals surface area contributed by atoms with Crippen molar-refractivity contribution in [1.29, 1.82) is 0 Å². The number of piperidine rings is 1. The molecule has 5 aromatic rings. The van der Waals surface area contributed by atoms with E-state index in [1.165, 1.54) is 46.7 Å². The first kappa shape index (κ1) is 59.8. The van der Waals surface area contributed by atoms with Gasteiger partial charge in [0.25, 0.3) is 25.8 Å². The molecule has 1 unspecified atom stereocenters. The van der Waals surface area contributed by atoms with E-state index in [0.717, 1.165) is 61.6 Å². The third-order valence-corrected chi connectivity index (χ3v) is 19.9. The smallest absolute Gasteiger partial charge is 0.380 e. The number of amides is 3. The molecule has 1 aliphatic carbocycles. The molecule has 3 N–H and O–H groups in total. The van der Waals surface area contributed by atoms with Gasteiger partial charge in [0.05, 0.1) is 16.5 Å². The van der Waals surface area contributed by atoms with Crippen molar-refractivity contribution < 1.29 is 48.8 Å². The second-order valence-corrected chi connectivity index (χ2v) is 27.1. The highest BCUT2D eigenvalue weighted by molar-refractivity contribution is 7.99. The summed E-state index contributed by atoms with van der Waals surface area (Å²) < 4.78 is 115. The first-order chi connectivity index (χ1) is 38.5. The lowest BCUT2D eigenvalue weighted by Crippen LogP contribution is -2.47. The fourth-order valence-corrected chi connectivity index (χ4v) is 14.2. The van der Waals surface area contributed by atoms with Crippen LogP contribution in [0.5, 0.6) is 0 Å². The Morgan fingerprint density at radius 3 is 2.14 bits per heavy atom. The van der Waals surface area contributed by atoms with E-state index in [-0.39, 0.29) is 35.3 Å². The largest absolute Gasteiger partial charge is 0.501 e. The van der Waals surface area contributed by atoms with E-state index < -0.39 is 70.4 Å². The predicted octanol–water partition coefficient (Wildman–Crippen LogP) is 9.98. The normalized spacial score (nSPS) is 19.3. The molecule has 0 saturated carbocycles. The van der Waals surface area contributed by atoms with Crippen LogP contribution in [0.2, 0.25) is 5.02 Å². The lowest BCUT2D eigenvalue weighted by Gasteiger charge is -2.39. The molecule has 81 heavy (non-hydrogen) atoms. The summed E-state index contributed by atoms with van der Waals surface area (Å²) in [6.45, 7) is 11.9. The molecule has 3 fully saturated rings. The average Bonchev–Trinajstić information content (AvgIpc) is 3.54. The number of piperazine rings is 2. The number of sulfonamides is 1. The van der Waals surface area contributed by atoms with Gasteiger partial charge in [-0.15, -0.1) is 11.8 Å². The number of halogens is 5. The van der Waals surface area contributed by atoms with Crippen LogP contribution in [-0.4, -0.2) is 132 Å². The zero-order chi connectivity index (χ0) is 57.7. The number of hydrogen-bond donors (Lipinski definition) is 3. The van der Waals surface area contributed by atoms with Crippen LogP contribution in [0.15, 0.2) is 136 Å². The number of hydrogen-bond acceptors (Lipinski definition) is 13. The van der Waals surface area contributed by atoms with Crippen molar-refractivity contribution in [3.8, 4) is 0 Å². The van der Waals surface area contributed by atoms with Crippen LogP contribution in [0.1, 0.15) is 85.3 Å². The summed E-state index contributed by atoms with van der Waals surface area (Å²) in [7, 11) is -11.1. The minimum atomic E-state index is -6.14. The lowest BCUT2D eigenvalue weighted by molar-refractivity contribution is -0.134. The van der Waals surface area contributed by atoms with Crippen LogP contribution in [0, 0.1) is 11.2 Å². The second-order valence-electron chi connectivity index (χ2n) is 22.0. The molecule has 432 valence electrons. The van der Waals surface area contributed by atoms with E-state index in [2.05, 4.69) is 56.2 Å². The number of nitrogens with zero attached hydrogens (tertiary/aromatic N) is 4. The minimum Gasteiger partial charge on any atom is -0.380 e. The summed E-state index contributed by atoms with van der Waals surface area (Å²) in [5.74, 6) is -2.91. The van der Waals surface area contributed by atoms with Gasteiger partial charge in [-0.05, 0) is 127 Å². The Bertz CT molecular complexity index is 3360. The molecule has 0 aromatic heterocycles. The molecule has 3 saturated heterocycles. The van der Waals surface area contributed by atoms with Crippen LogP contribution in [-0.2, 0) is 36.0 Å². The predicted molar refractivity (Wildman–Crippen MR) is 308 cm³/mol. The number of nitrogens with one attached hydrogen (secondary N) is 3. The molecule has 0 radical (unpaired) electrons. The standard InChI is InChI=1S/C59H66ClF4N7O7S3/c1-58(2)24-22-49(41-9-13-44(60)14-10-41)43(36-58)38-70-30-32-71(33-31-70)46-15-11-42(12-16-46)56(73)67-81(77,78)48-17-20-53(54(35-48)80(75,76)59(62,63)64)65-45(39-79-47-6-4-3-5-7-47)23-25-68-26-28-69(29-27-68)37-40-8-18-50(52(61)34-40)51-19-21-55(72)66-57(51)74/h3-18,20,34-35,45,51,65H,19,21-33,36-39H2,1-2H3,(H,67,73)(H,66,72,74)/t45-,51?/m1/s1. The van der Waals surface area contributed by atoms with Gasteiger partial charge in [0.1, 0.15) is 10.7 Å². The van der Waals surface area contributed by atoms with Gasteiger partial charge < -0.3 is 15.1 Å². The number of anilines is 2. The Labute approximate surface area is 480 Å². The maximum absolute atomic E-state index is 15.3. The first-order valence-electron chi connectivity index (χ1n) is 27.1. The van der Waals surface area contributed by atoms with Gasteiger partial charge in [0.15, 0.2) is 0 Å². The van der Waals surface area contributed by atoms with Crippen molar-refractivity contribution >= 4 is 77.9 Å². The molecule has 0 spiro atoms. The van der Waals surface area contributed by atoms with Gasteiger partial charge in [0, 0.05) is 117 Å². The quantitative estimate of drug-likeness (QED) is 0.0406. The lowest BCUT2D eigenvalue weighted by atomic mass is 9.73. The van der Waals surface area contributed by atoms with Gasteiger partial charge in [-0.2, -0.15) is 13.2 Å². The molecule has 3 aliphatic heterocycles. The van der Waals surface area contributed by atoms with Crippen LogP contribution in [0.3, 0.4) is 0 Å². The number of imide groups is 1. The van der Waals surface area contributed by atoms with Gasteiger partial charge >= 0.3 is 5.51 Å². The van der Waals surface area contributed by atoms with Crippen molar-refractivity contribution in [3.63, 3.8) is 0 Å². The van der Waals surface area contributed by atoms with Crippen molar-refractivity contribution in [3.05, 3.63) is 154 Å². The van der Waals surface area contributed by atoms with Crippen LogP contribution < -0.4 is 20.3 Å². The Morgan fingerprint density at radius 2 is 1.47 bits per heavy atom. The van der Waals surface area contributed by atoms with Gasteiger partial charge in [-0.1, -0.05) is 73.5 Å². The fourth-order valence-electron chi connectivity index (χ4n) is 11.0. The highest BCUT2D eigenvalue weighted by atomic mass is 35.5. The van der Waals surface area contributed by atoms with Gasteiger partial charge in [-0.25, -0.2) is 25.9 Å². The third-order valence-electron chi connectivity index (χ3n) is 15.6. The summed E-state index contributed by atoms with van der Waals surface area (Å²) in [5.41, 5.74) is -0.283. The molecule has 3 amide bonds. The van der Waals surface area contributed by atoms with Crippen molar-refractivity contribution in [2.75, 3.05) is 81.4 Å². The maximum atomic E-state index is 15.3. The fraction of sp³-hybridized carbons (Fsp3) is 0.407. The average molecular weight is 1190 g/mol. The summed E-state index contributed by atoms with van der Waals surface area (Å²) in [6.07, 6.45) is 3.83. The van der Waals surface area contributed by atoms with Crippen molar-refractivity contribution in [2.24, 2.45) is 5.41 Å².